The largest absolute Gasteiger partial charge is 0.455 e. The molecule has 1 rings (SSSR count). The molecule has 9 heteroatoms. The molecule has 1 aliphatic carbocycles. The molecule has 17 heavy (non-hydrogen) atoms. The van der Waals surface area contributed by atoms with E-state index in [4.69, 9.17) is 4.55 Å². The van der Waals surface area contributed by atoms with Gasteiger partial charge in [0, 0.05) is 0 Å². The molecule has 1 aliphatic rings. The molecule has 1 N–H and O–H groups in total. The van der Waals surface area contributed by atoms with Crippen molar-refractivity contribution in [2.24, 2.45) is 0 Å². The van der Waals surface area contributed by atoms with Crippen molar-refractivity contribution < 1.29 is 34.9 Å². The Morgan fingerprint density at radius 3 is 1.65 bits per heavy atom. The van der Waals surface area contributed by atoms with Gasteiger partial charge in [0.15, 0.2) is 4.75 Å². The van der Waals surface area contributed by atoms with Crippen LogP contribution in [0.2, 0.25) is 0 Å². The van der Waals surface area contributed by atoms with Crippen LogP contribution in [0.5, 0.6) is 0 Å². The summed E-state index contributed by atoms with van der Waals surface area (Å²) in [5, 5.41) is 0. The van der Waals surface area contributed by atoms with Gasteiger partial charge in [-0.2, -0.15) is 30.4 Å². The van der Waals surface area contributed by atoms with Crippen LogP contribution >= 0.6 is 0 Å². The lowest BCUT2D eigenvalue weighted by Gasteiger charge is -2.40. The van der Waals surface area contributed by atoms with E-state index in [0.29, 0.717) is 6.42 Å². The summed E-state index contributed by atoms with van der Waals surface area (Å²) in [6.45, 7) is 0. The number of rotatable bonds is 2. The smallest absolute Gasteiger partial charge is 0.285 e. The summed E-state index contributed by atoms with van der Waals surface area (Å²) in [7, 11) is -5.50. The van der Waals surface area contributed by atoms with Crippen LogP contribution in [0.1, 0.15) is 32.1 Å². The third-order valence-corrected chi connectivity index (χ3v) is 4.74. The summed E-state index contributed by atoms with van der Waals surface area (Å²) in [6, 6.07) is 0. The van der Waals surface area contributed by atoms with E-state index in [1.54, 1.807) is 0 Å². The minimum Gasteiger partial charge on any atom is -0.285 e. The van der Waals surface area contributed by atoms with Gasteiger partial charge in [0.2, 0.25) is 0 Å². The highest BCUT2D eigenvalue weighted by Crippen LogP contribution is 2.53. The lowest BCUT2D eigenvalue weighted by Crippen LogP contribution is -2.61. The van der Waals surface area contributed by atoms with Gasteiger partial charge in [-0.15, -0.1) is 0 Å². The van der Waals surface area contributed by atoms with Crippen molar-refractivity contribution in [1.29, 1.82) is 0 Å². The molecule has 102 valence electrons. The van der Waals surface area contributed by atoms with Crippen LogP contribution in [-0.4, -0.2) is 29.8 Å². The number of halogens is 5. The van der Waals surface area contributed by atoms with Crippen molar-refractivity contribution >= 4 is 10.1 Å². The summed E-state index contributed by atoms with van der Waals surface area (Å²) in [4.78, 5) is 0. The second kappa shape index (κ2) is 4.04. The second-order valence-electron chi connectivity index (χ2n) is 4.10. The summed E-state index contributed by atoms with van der Waals surface area (Å²) in [5.41, 5.74) is 0. The molecule has 1 fully saturated rings. The Morgan fingerprint density at radius 1 is 0.941 bits per heavy atom. The van der Waals surface area contributed by atoms with Crippen LogP contribution in [0.3, 0.4) is 0 Å². The quantitative estimate of drug-likeness (QED) is 0.626. The third-order valence-electron chi connectivity index (χ3n) is 3.08. The third kappa shape index (κ3) is 2.14. The van der Waals surface area contributed by atoms with Crippen LogP contribution < -0.4 is 0 Å². The van der Waals surface area contributed by atoms with Crippen molar-refractivity contribution in [3.05, 3.63) is 0 Å². The predicted molar refractivity (Wildman–Crippen MR) is 48.4 cm³/mol. The van der Waals surface area contributed by atoms with E-state index >= 15 is 0 Å². The van der Waals surface area contributed by atoms with E-state index in [-0.39, 0.29) is 12.8 Å². The van der Waals surface area contributed by atoms with Gasteiger partial charge < -0.3 is 0 Å². The Hall–Kier alpha value is -0.440. The summed E-state index contributed by atoms with van der Waals surface area (Å²) >= 11 is 0. The zero-order chi connectivity index (χ0) is 13.5. The Bertz CT molecular complexity index is 380. The fraction of sp³-hybridized carbons (Fsp3) is 1.00. The molecular formula is C8H11F5O3S. The Morgan fingerprint density at radius 2 is 1.35 bits per heavy atom. The minimum atomic E-state index is -6.00. The van der Waals surface area contributed by atoms with Gasteiger partial charge in [-0.05, 0) is 12.8 Å². The molecule has 0 unspecified atom stereocenters. The highest BCUT2D eigenvalue weighted by molar-refractivity contribution is 7.87. The Balaban J connectivity index is 3.35. The van der Waals surface area contributed by atoms with Gasteiger partial charge in [-0.3, -0.25) is 4.55 Å². The lowest BCUT2D eigenvalue weighted by molar-refractivity contribution is -0.299. The molecule has 0 aromatic heterocycles. The molecular weight excluding hydrogens is 271 g/mol. The predicted octanol–water partition coefficient (Wildman–Crippen LogP) is 2.77. The second-order valence-corrected chi connectivity index (χ2v) is 5.83. The van der Waals surface area contributed by atoms with E-state index in [1.165, 1.54) is 0 Å². The average molecular weight is 282 g/mol. The molecule has 0 radical (unpaired) electrons. The fourth-order valence-electron chi connectivity index (χ4n) is 2.12. The SMILES string of the molecule is O=S(=O)(O)C1(C(F)(F)C(F)(F)F)CCCCC1. The van der Waals surface area contributed by atoms with Crippen LogP contribution in [0.15, 0.2) is 0 Å². The summed E-state index contributed by atoms with van der Waals surface area (Å²) in [6.07, 6.45) is -7.60. The zero-order valence-electron chi connectivity index (χ0n) is 8.60. The van der Waals surface area contributed by atoms with Gasteiger partial charge in [-0.1, -0.05) is 19.3 Å². The molecule has 0 amide bonds. The van der Waals surface area contributed by atoms with Gasteiger partial charge in [0.1, 0.15) is 0 Å². The van der Waals surface area contributed by atoms with Crippen molar-refractivity contribution in [2.45, 2.75) is 48.9 Å². The van der Waals surface area contributed by atoms with E-state index in [9.17, 15) is 30.4 Å². The van der Waals surface area contributed by atoms with Crippen molar-refractivity contribution in [3.8, 4) is 0 Å². The summed E-state index contributed by atoms with van der Waals surface area (Å²) in [5.74, 6) is -5.45. The van der Waals surface area contributed by atoms with Crippen LogP contribution in [0.25, 0.3) is 0 Å². The molecule has 0 aromatic carbocycles. The first kappa shape index (κ1) is 14.6. The monoisotopic (exact) mass is 282 g/mol. The summed E-state index contributed by atoms with van der Waals surface area (Å²) < 4.78 is 90.7. The molecule has 0 bridgehead atoms. The lowest BCUT2D eigenvalue weighted by atomic mass is 9.83. The minimum absolute atomic E-state index is 0.0918. The molecule has 0 heterocycles. The van der Waals surface area contributed by atoms with Crippen molar-refractivity contribution in [3.63, 3.8) is 0 Å². The number of alkyl halides is 5. The van der Waals surface area contributed by atoms with E-state index < -0.39 is 39.8 Å². The molecule has 0 atom stereocenters. The molecule has 0 saturated heterocycles. The van der Waals surface area contributed by atoms with Crippen LogP contribution in [0, 0.1) is 0 Å². The van der Waals surface area contributed by atoms with Gasteiger partial charge in [0.25, 0.3) is 10.1 Å². The van der Waals surface area contributed by atoms with Crippen LogP contribution in [-0.2, 0) is 10.1 Å². The van der Waals surface area contributed by atoms with Gasteiger partial charge in [0.05, 0.1) is 0 Å². The standard InChI is InChI=1S/C8H11F5O3S/c9-7(10,8(11,12)13)6(17(14,15)16)4-2-1-3-5-6/h1-5H2,(H,14,15,16). The first-order valence-electron chi connectivity index (χ1n) is 4.87. The van der Waals surface area contributed by atoms with E-state index in [0.717, 1.165) is 0 Å². The van der Waals surface area contributed by atoms with Gasteiger partial charge in [-0.25, -0.2) is 0 Å². The topological polar surface area (TPSA) is 54.4 Å². The first-order chi connectivity index (χ1) is 7.46. The van der Waals surface area contributed by atoms with E-state index in [1.807, 2.05) is 0 Å². The average Bonchev–Trinajstić information content (AvgIpc) is 2.15. The number of hydrogen-bond donors (Lipinski definition) is 1. The fourth-order valence-corrected chi connectivity index (χ4v) is 3.36. The normalized spacial score (nSPS) is 22.5. The maximum atomic E-state index is 13.3. The van der Waals surface area contributed by atoms with Crippen molar-refractivity contribution in [1.82, 2.24) is 0 Å². The Labute approximate surface area is 94.7 Å². The molecule has 0 aromatic rings. The molecule has 1 saturated carbocycles. The van der Waals surface area contributed by atoms with Crippen molar-refractivity contribution in [2.75, 3.05) is 0 Å². The molecule has 0 aliphatic heterocycles. The molecule has 0 spiro atoms. The first-order valence-corrected chi connectivity index (χ1v) is 6.31. The van der Waals surface area contributed by atoms with Gasteiger partial charge >= 0.3 is 12.1 Å². The molecule has 3 nitrogen and oxygen atoms in total. The zero-order valence-corrected chi connectivity index (χ0v) is 9.41. The van der Waals surface area contributed by atoms with E-state index in [2.05, 4.69) is 0 Å². The number of hydrogen-bond acceptors (Lipinski definition) is 2. The maximum absolute atomic E-state index is 13.3. The highest BCUT2D eigenvalue weighted by atomic mass is 32.2. The maximum Gasteiger partial charge on any atom is 0.455 e. The highest BCUT2D eigenvalue weighted by Gasteiger charge is 2.74. The van der Waals surface area contributed by atoms with Crippen LogP contribution in [0.4, 0.5) is 22.0 Å². The Kier molecular flexibility index (Phi) is 3.48.